The molecule has 7 unspecified atom stereocenters. The standard InChI is InChI=1S/C19H35NO3/c1-12(2)7-14-11-20-6-5-13-8-18(22-3)19(23-4)9-15(13)16(20)10-17(14)21/h12-19,21H,5-11H2,1-4H3. The summed E-state index contributed by atoms with van der Waals surface area (Å²) in [5.74, 6) is 2.52. The summed E-state index contributed by atoms with van der Waals surface area (Å²) in [6.45, 7) is 6.81. The lowest BCUT2D eigenvalue weighted by atomic mass is 9.65. The Labute approximate surface area is 141 Å². The molecule has 3 aliphatic rings. The molecule has 0 radical (unpaired) electrons. The number of aliphatic hydroxyl groups is 1. The van der Waals surface area contributed by atoms with Crippen LogP contribution in [0, 0.1) is 23.7 Å². The number of hydrogen-bond acceptors (Lipinski definition) is 4. The zero-order chi connectivity index (χ0) is 16.6. The molecule has 2 heterocycles. The summed E-state index contributed by atoms with van der Waals surface area (Å²) in [6, 6.07) is 0.544. The van der Waals surface area contributed by atoms with Crippen LogP contribution in [0.1, 0.15) is 46.0 Å². The highest BCUT2D eigenvalue weighted by Crippen LogP contribution is 2.45. The third-order valence-corrected chi connectivity index (χ3v) is 6.69. The van der Waals surface area contributed by atoms with Crippen LogP contribution in [-0.4, -0.2) is 61.7 Å². The van der Waals surface area contributed by atoms with Gasteiger partial charge in [0.05, 0.1) is 18.3 Å². The van der Waals surface area contributed by atoms with Gasteiger partial charge in [0.2, 0.25) is 0 Å². The van der Waals surface area contributed by atoms with Gasteiger partial charge < -0.3 is 14.6 Å². The first-order valence-corrected chi connectivity index (χ1v) is 9.51. The van der Waals surface area contributed by atoms with E-state index in [1.165, 1.54) is 13.0 Å². The van der Waals surface area contributed by atoms with E-state index in [1.807, 2.05) is 14.2 Å². The van der Waals surface area contributed by atoms with Crippen LogP contribution in [0.3, 0.4) is 0 Å². The summed E-state index contributed by atoms with van der Waals surface area (Å²) in [6.07, 6.45) is 5.91. The Morgan fingerprint density at radius 3 is 2.43 bits per heavy atom. The van der Waals surface area contributed by atoms with Crippen LogP contribution >= 0.6 is 0 Å². The van der Waals surface area contributed by atoms with E-state index in [1.54, 1.807) is 0 Å². The van der Waals surface area contributed by atoms with Crippen molar-refractivity contribution in [3.63, 3.8) is 0 Å². The number of methoxy groups -OCH3 is 2. The van der Waals surface area contributed by atoms with Crippen molar-refractivity contribution in [2.75, 3.05) is 27.3 Å². The van der Waals surface area contributed by atoms with Crippen molar-refractivity contribution in [3.05, 3.63) is 0 Å². The molecule has 2 saturated heterocycles. The van der Waals surface area contributed by atoms with Crippen LogP contribution in [0.5, 0.6) is 0 Å². The largest absolute Gasteiger partial charge is 0.393 e. The van der Waals surface area contributed by atoms with Gasteiger partial charge in [0.1, 0.15) is 0 Å². The molecule has 0 bridgehead atoms. The van der Waals surface area contributed by atoms with Crippen LogP contribution < -0.4 is 0 Å². The predicted octanol–water partition coefficient (Wildman–Crippen LogP) is 2.54. The van der Waals surface area contributed by atoms with Gasteiger partial charge in [-0.25, -0.2) is 0 Å². The van der Waals surface area contributed by atoms with E-state index in [4.69, 9.17) is 9.47 Å². The van der Waals surface area contributed by atoms with E-state index < -0.39 is 0 Å². The smallest absolute Gasteiger partial charge is 0.0836 e. The molecule has 1 saturated carbocycles. The minimum atomic E-state index is -0.126. The van der Waals surface area contributed by atoms with Gasteiger partial charge in [-0.05, 0) is 62.3 Å². The SMILES string of the molecule is COC1CC2CCN3CC(CC(C)C)C(O)CC3C2CC1OC. The monoisotopic (exact) mass is 325 g/mol. The molecule has 3 rings (SSSR count). The zero-order valence-corrected chi connectivity index (χ0v) is 15.3. The van der Waals surface area contributed by atoms with Gasteiger partial charge in [0.15, 0.2) is 0 Å². The van der Waals surface area contributed by atoms with Crippen LogP contribution in [0.15, 0.2) is 0 Å². The molecule has 0 aromatic carbocycles. The van der Waals surface area contributed by atoms with Crippen molar-refractivity contribution in [2.45, 2.75) is 70.3 Å². The Kier molecular flexibility index (Phi) is 5.67. The summed E-state index contributed by atoms with van der Waals surface area (Å²) in [5.41, 5.74) is 0. The van der Waals surface area contributed by atoms with Crippen molar-refractivity contribution in [1.29, 1.82) is 0 Å². The van der Waals surface area contributed by atoms with Gasteiger partial charge in [-0.3, -0.25) is 4.90 Å². The highest BCUT2D eigenvalue weighted by Gasteiger charge is 2.48. The van der Waals surface area contributed by atoms with Gasteiger partial charge in [-0.2, -0.15) is 0 Å². The molecule has 7 atom stereocenters. The zero-order valence-electron chi connectivity index (χ0n) is 15.3. The molecular formula is C19H35NO3. The van der Waals surface area contributed by atoms with E-state index in [-0.39, 0.29) is 18.3 Å². The lowest BCUT2D eigenvalue weighted by molar-refractivity contribution is -0.132. The second kappa shape index (κ2) is 7.38. The number of piperidine rings is 2. The maximum absolute atomic E-state index is 10.7. The van der Waals surface area contributed by atoms with E-state index >= 15 is 0 Å². The number of rotatable bonds is 4. The first-order valence-electron chi connectivity index (χ1n) is 9.51. The van der Waals surface area contributed by atoms with E-state index in [0.717, 1.165) is 38.1 Å². The fraction of sp³-hybridized carbons (Fsp3) is 1.00. The summed E-state index contributed by atoms with van der Waals surface area (Å²) in [5, 5.41) is 10.7. The lowest BCUT2D eigenvalue weighted by Crippen LogP contribution is -2.60. The van der Waals surface area contributed by atoms with Crippen molar-refractivity contribution in [1.82, 2.24) is 4.90 Å². The maximum atomic E-state index is 10.7. The molecule has 1 aliphatic carbocycles. The third-order valence-electron chi connectivity index (χ3n) is 6.69. The molecule has 0 aromatic rings. The number of nitrogens with zero attached hydrogens (tertiary/aromatic N) is 1. The predicted molar refractivity (Wildman–Crippen MR) is 91.4 cm³/mol. The third kappa shape index (κ3) is 3.60. The fourth-order valence-corrected chi connectivity index (χ4v) is 5.56. The quantitative estimate of drug-likeness (QED) is 0.862. The number of hydrogen-bond donors (Lipinski definition) is 1. The van der Waals surface area contributed by atoms with E-state index in [9.17, 15) is 5.11 Å². The molecule has 0 aromatic heterocycles. The molecule has 23 heavy (non-hydrogen) atoms. The number of ether oxygens (including phenoxy) is 2. The average molecular weight is 325 g/mol. The Morgan fingerprint density at radius 1 is 1.09 bits per heavy atom. The summed E-state index contributed by atoms with van der Waals surface area (Å²) < 4.78 is 11.4. The highest BCUT2D eigenvalue weighted by molar-refractivity contribution is 5.00. The van der Waals surface area contributed by atoms with E-state index in [2.05, 4.69) is 18.7 Å². The van der Waals surface area contributed by atoms with E-state index in [0.29, 0.717) is 23.8 Å². The Bertz CT molecular complexity index is 389. The first kappa shape index (κ1) is 17.7. The van der Waals surface area contributed by atoms with Crippen molar-refractivity contribution < 1.29 is 14.6 Å². The minimum Gasteiger partial charge on any atom is -0.393 e. The van der Waals surface area contributed by atoms with Crippen LogP contribution in [0.4, 0.5) is 0 Å². The number of fused-ring (bicyclic) bond motifs is 3. The topological polar surface area (TPSA) is 41.9 Å². The van der Waals surface area contributed by atoms with Crippen molar-refractivity contribution in [3.8, 4) is 0 Å². The minimum absolute atomic E-state index is 0.126. The molecule has 2 aliphatic heterocycles. The normalized spacial score (nSPS) is 44.9. The highest BCUT2D eigenvalue weighted by atomic mass is 16.5. The summed E-state index contributed by atoms with van der Waals surface area (Å²) in [7, 11) is 3.62. The van der Waals surface area contributed by atoms with Gasteiger partial charge in [-0.1, -0.05) is 13.8 Å². The van der Waals surface area contributed by atoms with Crippen molar-refractivity contribution in [2.24, 2.45) is 23.7 Å². The summed E-state index contributed by atoms with van der Waals surface area (Å²) >= 11 is 0. The molecule has 1 N–H and O–H groups in total. The second-order valence-corrected chi connectivity index (χ2v) is 8.49. The fourth-order valence-electron chi connectivity index (χ4n) is 5.56. The summed E-state index contributed by atoms with van der Waals surface area (Å²) in [4.78, 5) is 2.68. The van der Waals surface area contributed by atoms with Gasteiger partial charge in [0, 0.05) is 26.8 Å². The van der Waals surface area contributed by atoms with Gasteiger partial charge in [-0.15, -0.1) is 0 Å². The molecule has 4 heteroatoms. The Morgan fingerprint density at radius 2 is 1.78 bits per heavy atom. The number of aliphatic hydroxyl groups excluding tert-OH is 1. The molecule has 0 spiro atoms. The lowest BCUT2D eigenvalue weighted by Gasteiger charge is -2.54. The van der Waals surface area contributed by atoms with Crippen LogP contribution in [0.2, 0.25) is 0 Å². The molecule has 4 nitrogen and oxygen atoms in total. The Hall–Kier alpha value is -0.160. The molecule has 3 fully saturated rings. The van der Waals surface area contributed by atoms with Gasteiger partial charge >= 0.3 is 0 Å². The van der Waals surface area contributed by atoms with Crippen LogP contribution in [0.25, 0.3) is 0 Å². The average Bonchev–Trinajstić information content (AvgIpc) is 2.53. The van der Waals surface area contributed by atoms with Gasteiger partial charge in [0.25, 0.3) is 0 Å². The molecular weight excluding hydrogens is 290 g/mol. The molecule has 0 amide bonds. The van der Waals surface area contributed by atoms with Crippen LogP contribution in [-0.2, 0) is 9.47 Å². The molecule has 134 valence electrons. The van der Waals surface area contributed by atoms with Crippen molar-refractivity contribution >= 4 is 0 Å². The first-order chi connectivity index (χ1) is 11.0. The second-order valence-electron chi connectivity index (χ2n) is 8.49. The Balaban J connectivity index is 1.69. The maximum Gasteiger partial charge on any atom is 0.0836 e.